The molecule has 0 amide bonds. The van der Waals surface area contributed by atoms with Crippen molar-refractivity contribution in [3.8, 4) is 0 Å². The number of nitrogens with zero attached hydrogens (tertiary/aromatic N) is 2. The molecule has 1 aromatic heterocycles. The first-order valence-electron chi connectivity index (χ1n) is 5.14. The van der Waals surface area contributed by atoms with Gasteiger partial charge in [0.1, 0.15) is 0 Å². The molecule has 2 heterocycles. The summed E-state index contributed by atoms with van der Waals surface area (Å²) in [6, 6.07) is 4.17. The normalized spacial score (nSPS) is 30.4. The van der Waals surface area contributed by atoms with Gasteiger partial charge in [0.05, 0.1) is 5.69 Å². The van der Waals surface area contributed by atoms with E-state index in [4.69, 9.17) is 0 Å². The van der Waals surface area contributed by atoms with Crippen LogP contribution in [0.3, 0.4) is 0 Å². The first kappa shape index (κ1) is 8.86. The van der Waals surface area contributed by atoms with E-state index in [1.165, 1.54) is 25.2 Å². The van der Waals surface area contributed by atoms with Crippen LogP contribution in [0.15, 0.2) is 22.8 Å². The van der Waals surface area contributed by atoms with E-state index in [9.17, 15) is 0 Å². The van der Waals surface area contributed by atoms with Gasteiger partial charge in [-0.25, -0.2) is 0 Å². The Hall–Kier alpha value is -0.410. The first-order chi connectivity index (χ1) is 6.81. The van der Waals surface area contributed by atoms with E-state index < -0.39 is 0 Å². The molecule has 1 aromatic rings. The molecule has 2 unspecified atom stereocenters. The Morgan fingerprint density at radius 2 is 2.14 bits per heavy atom. The van der Waals surface area contributed by atoms with Crippen molar-refractivity contribution in [1.82, 2.24) is 9.88 Å². The van der Waals surface area contributed by atoms with Crippen LogP contribution in [0.1, 0.15) is 12.1 Å². The van der Waals surface area contributed by atoms with Crippen LogP contribution in [-0.2, 0) is 6.54 Å². The molecule has 0 N–H and O–H groups in total. The number of likely N-dealkylation sites (tertiary alicyclic amines) is 1. The Balaban J connectivity index is 1.64. The molecule has 0 spiro atoms. The van der Waals surface area contributed by atoms with E-state index in [1.807, 2.05) is 6.20 Å². The SMILES string of the molecule is Brc1ccc(CN2CC3CC3C2)nc1. The quantitative estimate of drug-likeness (QED) is 0.803. The molecule has 74 valence electrons. The Labute approximate surface area is 92.5 Å². The fraction of sp³-hybridized carbons (Fsp3) is 0.545. The summed E-state index contributed by atoms with van der Waals surface area (Å²) in [4.78, 5) is 6.92. The number of pyridine rings is 1. The first-order valence-corrected chi connectivity index (χ1v) is 5.93. The summed E-state index contributed by atoms with van der Waals surface area (Å²) in [5, 5.41) is 0. The zero-order chi connectivity index (χ0) is 9.54. The predicted molar refractivity (Wildman–Crippen MR) is 58.8 cm³/mol. The number of fused-ring (bicyclic) bond motifs is 1. The molecule has 2 nitrogen and oxygen atoms in total. The minimum atomic E-state index is 1.02. The van der Waals surface area contributed by atoms with Crippen molar-refractivity contribution in [3.63, 3.8) is 0 Å². The monoisotopic (exact) mass is 252 g/mol. The van der Waals surface area contributed by atoms with E-state index in [2.05, 4.69) is 37.9 Å². The predicted octanol–water partition coefficient (Wildman–Crippen LogP) is 2.30. The zero-order valence-corrected chi connectivity index (χ0v) is 9.57. The standard InChI is InChI=1S/C11H13BrN2/c12-10-1-2-11(13-4-10)7-14-5-8-3-9(8)6-14/h1-2,4,8-9H,3,5-7H2. The van der Waals surface area contributed by atoms with Gasteiger partial charge in [0.15, 0.2) is 0 Å². The van der Waals surface area contributed by atoms with Crippen LogP contribution in [0, 0.1) is 11.8 Å². The summed E-state index contributed by atoms with van der Waals surface area (Å²) in [6.07, 6.45) is 3.36. The number of aromatic nitrogens is 1. The van der Waals surface area contributed by atoms with Gasteiger partial charge in [0.25, 0.3) is 0 Å². The highest BCUT2D eigenvalue weighted by atomic mass is 79.9. The molecule has 2 atom stereocenters. The fourth-order valence-electron chi connectivity index (χ4n) is 2.35. The van der Waals surface area contributed by atoms with Gasteiger partial charge >= 0.3 is 0 Å². The maximum atomic E-state index is 4.39. The van der Waals surface area contributed by atoms with Crippen molar-refractivity contribution >= 4 is 15.9 Å². The van der Waals surface area contributed by atoms with E-state index >= 15 is 0 Å². The highest BCUT2D eigenvalue weighted by Crippen LogP contribution is 2.45. The second kappa shape index (κ2) is 3.31. The minimum absolute atomic E-state index is 1.02. The van der Waals surface area contributed by atoms with E-state index in [0.717, 1.165) is 22.9 Å². The van der Waals surface area contributed by atoms with Crippen molar-refractivity contribution in [1.29, 1.82) is 0 Å². The number of hydrogen-bond acceptors (Lipinski definition) is 2. The van der Waals surface area contributed by atoms with Gasteiger partial charge in [-0.05, 0) is 46.3 Å². The molecule has 3 rings (SSSR count). The minimum Gasteiger partial charge on any atom is -0.297 e. The van der Waals surface area contributed by atoms with Gasteiger partial charge in [0.2, 0.25) is 0 Å². The van der Waals surface area contributed by atoms with Gasteiger partial charge in [-0.1, -0.05) is 0 Å². The van der Waals surface area contributed by atoms with Crippen LogP contribution in [0.25, 0.3) is 0 Å². The lowest BCUT2D eigenvalue weighted by Gasteiger charge is -2.16. The Bertz CT molecular complexity index is 326. The van der Waals surface area contributed by atoms with E-state index in [0.29, 0.717) is 0 Å². The van der Waals surface area contributed by atoms with Gasteiger partial charge in [0, 0.05) is 30.3 Å². The Morgan fingerprint density at radius 3 is 2.79 bits per heavy atom. The number of rotatable bonds is 2. The van der Waals surface area contributed by atoms with Gasteiger partial charge in [-0.15, -0.1) is 0 Å². The molecular weight excluding hydrogens is 240 g/mol. The van der Waals surface area contributed by atoms with Gasteiger partial charge in [-0.3, -0.25) is 9.88 Å². The molecule has 2 fully saturated rings. The molecule has 0 bridgehead atoms. The average molecular weight is 253 g/mol. The Morgan fingerprint density at radius 1 is 1.36 bits per heavy atom. The summed E-state index contributed by atoms with van der Waals surface area (Å²) in [6.45, 7) is 3.62. The molecule has 1 aliphatic carbocycles. The summed E-state index contributed by atoms with van der Waals surface area (Å²) in [5.74, 6) is 2.04. The third-order valence-electron chi connectivity index (χ3n) is 3.23. The lowest BCUT2D eigenvalue weighted by Crippen LogP contribution is -2.22. The van der Waals surface area contributed by atoms with Crippen LogP contribution in [0.2, 0.25) is 0 Å². The van der Waals surface area contributed by atoms with Crippen molar-refractivity contribution in [2.24, 2.45) is 11.8 Å². The topological polar surface area (TPSA) is 16.1 Å². The molecule has 1 saturated carbocycles. The summed E-state index contributed by atoms with van der Waals surface area (Å²) in [5.41, 5.74) is 1.19. The molecule has 1 aliphatic heterocycles. The smallest absolute Gasteiger partial charge is 0.0544 e. The molecule has 0 aromatic carbocycles. The summed E-state index contributed by atoms with van der Waals surface area (Å²) in [7, 11) is 0. The van der Waals surface area contributed by atoms with Gasteiger partial charge < -0.3 is 0 Å². The molecule has 3 heteroatoms. The van der Waals surface area contributed by atoms with Crippen LogP contribution >= 0.6 is 15.9 Å². The zero-order valence-electron chi connectivity index (χ0n) is 7.99. The number of hydrogen-bond donors (Lipinski definition) is 0. The van der Waals surface area contributed by atoms with Crippen molar-refractivity contribution in [2.75, 3.05) is 13.1 Å². The summed E-state index contributed by atoms with van der Waals surface area (Å²) >= 11 is 3.40. The molecule has 1 saturated heterocycles. The maximum Gasteiger partial charge on any atom is 0.0544 e. The van der Waals surface area contributed by atoms with Crippen molar-refractivity contribution < 1.29 is 0 Å². The van der Waals surface area contributed by atoms with E-state index in [-0.39, 0.29) is 0 Å². The fourth-order valence-corrected chi connectivity index (χ4v) is 2.59. The molecule has 2 aliphatic rings. The number of piperidine rings is 1. The lowest BCUT2D eigenvalue weighted by atomic mass is 10.3. The van der Waals surface area contributed by atoms with E-state index in [1.54, 1.807) is 0 Å². The highest BCUT2D eigenvalue weighted by molar-refractivity contribution is 9.10. The van der Waals surface area contributed by atoms with Crippen molar-refractivity contribution in [3.05, 3.63) is 28.5 Å². The number of halogens is 1. The largest absolute Gasteiger partial charge is 0.297 e. The second-order valence-corrected chi connectivity index (χ2v) is 5.33. The second-order valence-electron chi connectivity index (χ2n) is 4.42. The highest BCUT2D eigenvalue weighted by Gasteiger charge is 2.44. The van der Waals surface area contributed by atoms with Crippen LogP contribution < -0.4 is 0 Å². The van der Waals surface area contributed by atoms with Gasteiger partial charge in [-0.2, -0.15) is 0 Å². The summed E-state index contributed by atoms with van der Waals surface area (Å²) < 4.78 is 1.06. The average Bonchev–Trinajstić information content (AvgIpc) is 2.79. The third kappa shape index (κ3) is 1.71. The van der Waals surface area contributed by atoms with Crippen molar-refractivity contribution in [2.45, 2.75) is 13.0 Å². The van der Waals surface area contributed by atoms with Crippen LogP contribution in [-0.4, -0.2) is 23.0 Å². The Kier molecular flexibility index (Phi) is 2.10. The lowest BCUT2D eigenvalue weighted by molar-refractivity contribution is 0.293. The molecule has 0 radical (unpaired) electrons. The van der Waals surface area contributed by atoms with Crippen LogP contribution in [0.5, 0.6) is 0 Å². The molecular formula is C11H13BrN2. The molecule has 14 heavy (non-hydrogen) atoms. The third-order valence-corrected chi connectivity index (χ3v) is 3.70. The van der Waals surface area contributed by atoms with Crippen LogP contribution in [0.4, 0.5) is 0 Å². The maximum absolute atomic E-state index is 4.39.